The molecule has 0 spiro atoms. The number of aliphatic carboxylic acids is 1. The molecule has 2 amide bonds. The van der Waals surface area contributed by atoms with Crippen molar-refractivity contribution in [2.45, 2.75) is 124 Å². The lowest BCUT2D eigenvalue weighted by Gasteiger charge is -2.21. The quantitative estimate of drug-likeness (QED) is 0.0465. The van der Waals surface area contributed by atoms with Crippen LogP contribution in [0.3, 0.4) is 0 Å². The Labute approximate surface area is 309 Å². The molecule has 278 valence electrons. The molecule has 5 aliphatic rings. The van der Waals surface area contributed by atoms with Crippen LogP contribution in [0.15, 0.2) is 20.4 Å². The minimum absolute atomic E-state index is 0. The number of carboxylic acids is 1. The van der Waals surface area contributed by atoms with Gasteiger partial charge in [-0.2, -0.15) is 20.4 Å². The van der Waals surface area contributed by atoms with Crippen molar-refractivity contribution in [2.75, 3.05) is 7.11 Å². The van der Waals surface area contributed by atoms with Crippen molar-refractivity contribution in [1.82, 2.24) is 17.0 Å². The van der Waals surface area contributed by atoms with Crippen LogP contribution in [0.4, 0.5) is 0 Å². The Kier molecular flexibility index (Phi) is 33.9. The van der Waals surface area contributed by atoms with Crippen molar-refractivity contribution in [3.8, 4) is 0 Å². The highest BCUT2D eigenvalue weighted by Gasteiger charge is 2.30. The normalized spacial score (nSPS) is 18.5. The number of nitrogens with zero attached hydrogens (tertiary/aromatic N) is 4. The molecule has 2 heterocycles. The Morgan fingerprint density at radius 2 is 0.979 bits per heavy atom. The average molecular weight is 908 g/mol. The third kappa shape index (κ3) is 21.2. The molecular formula is C31H59I2N9O6. The van der Waals surface area contributed by atoms with Gasteiger partial charge in [-0.15, -0.1) is 0 Å². The average Bonchev–Trinajstić information content (AvgIpc) is 3.82. The molecule has 0 aromatic heterocycles. The zero-order chi connectivity index (χ0) is 34.7. The molecule has 3 fully saturated rings. The lowest BCUT2D eigenvalue weighted by molar-refractivity contribution is -0.139. The number of hydrogen-bond donors (Lipinski definition) is 7. The number of hydrazine groups is 2. The van der Waals surface area contributed by atoms with E-state index < -0.39 is 17.8 Å². The van der Waals surface area contributed by atoms with E-state index in [4.69, 9.17) is 15.0 Å². The highest BCUT2D eigenvalue weighted by atomic mass is 128. The zero-order valence-corrected chi connectivity index (χ0v) is 32.1. The Bertz CT molecular complexity index is 972. The summed E-state index contributed by atoms with van der Waals surface area (Å²) >= 11 is 4.24. The predicted molar refractivity (Wildman–Crippen MR) is 211 cm³/mol. The highest BCUT2D eigenvalue weighted by molar-refractivity contribution is 15.0. The van der Waals surface area contributed by atoms with E-state index in [1.165, 1.54) is 94.9 Å². The van der Waals surface area contributed by atoms with E-state index in [1.807, 2.05) is 0 Å². The number of halogens is 2. The maximum atomic E-state index is 10.2. The standard InChI is InChI=1S/C18H26N4.C7H12O.C2H6N4O2.C2H4O2.CH4O.CH4.I2.H3N/c1-3-7-13(8-4-1)15-11-17(21-19-15)18-12-16(20-22-18)14-9-5-2-6-10-14;8-6-7-4-2-1-3-5-7;3-5-1(7)2(8)6-4;1-2(3)4;1-2;;1-2;/h13-14H,1-12H2;6-7H,1-5H2;3-4H2,(H,5,7)(H,6,8);1H3,(H,3,4);2H,1H3;1H4;;1H3. The summed E-state index contributed by atoms with van der Waals surface area (Å²) in [5.41, 5.74) is 7.97. The van der Waals surface area contributed by atoms with Gasteiger partial charge in [0.2, 0.25) is 0 Å². The molecule has 2 aliphatic heterocycles. The molecule has 0 radical (unpaired) electrons. The van der Waals surface area contributed by atoms with Crippen LogP contribution in [0, 0.1) is 17.8 Å². The van der Waals surface area contributed by atoms with E-state index in [0.717, 1.165) is 57.4 Å². The van der Waals surface area contributed by atoms with Gasteiger partial charge >= 0.3 is 11.8 Å². The monoisotopic (exact) mass is 907 g/mol. The first kappa shape index (κ1) is 50.4. The maximum Gasteiger partial charge on any atom is 0.324 e. The second kappa shape index (κ2) is 32.3. The molecule has 3 saturated carbocycles. The largest absolute Gasteiger partial charge is 0.481 e. The molecule has 3 aliphatic carbocycles. The Hall–Kier alpha value is -1.94. The van der Waals surface area contributed by atoms with Gasteiger partial charge in [0.05, 0.1) is 11.4 Å². The summed E-state index contributed by atoms with van der Waals surface area (Å²) in [5.74, 6) is 8.06. The first-order chi connectivity index (χ1) is 22.3. The summed E-state index contributed by atoms with van der Waals surface area (Å²) in [6, 6.07) is 0. The van der Waals surface area contributed by atoms with Crippen molar-refractivity contribution in [1.29, 1.82) is 0 Å². The van der Waals surface area contributed by atoms with Gasteiger partial charge in [-0.3, -0.25) is 25.2 Å². The smallest absolute Gasteiger partial charge is 0.324 e. The zero-order valence-electron chi connectivity index (χ0n) is 27.8. The second-order valence-corrected chi connectivity index (χ2v) is 11.3. The molecule has 0 saturated heterocycles. The minimum atomic E-state index is -0.965. The molecule has 0 aromatic carbocycles. The Morgan fingerprint density at radius 1 is 0.688 bits per heavy atom. The van der Waals surface area contributed by atoms with Gasteiger partial charge in [0.25, 0.3) is 5.97 Å². The molecule has 0 aromatic rings. The van der Waals surface area contributed by atoms with Crippen LogP contribution in [0.1, 0.15) is 124 Å². The lowest BCUT2D eigenvalue weighted by Crippen LogP contribution is -2.45. The number of aliphatic hydroxyl groups excluding tert-OH is 1. The van der Waals surface area contributed by atoms with Crippen molar-refractivity contribution >= 4 is 84.1 Å². The van der Waals surface area contributed by atoms with Crippen LogP contribution >= 0.6 is 37.2 Å². The minimum Gasteiger partial charge on any atom is -0.481 e. The fourth-order valence-electron chi connectivity index (χ4n) is 5.78. The van der Waals surface area contributed by atoms with Crippen molar-refractivity contribution in [2.24, 2.45) is 49.8 Å². The maximum absolute atomic E-state index is 10.2. The van der Waals surface area contributed by atoms with Crippen LogP contribution in [0.5, 0.6) is 0 Å². The van der Waals surface area contributed by atoms with Crippen molar-refractivity contribution in [3.05, 3.63) is 0 Å². The number of carbonyl (C=O) groups excluding carboxylic acids is 3. The molecular weight excluding hydrogens is 848 g/mol. The molecule has 15 nitrogen and oxygen atoms in total. The summed E-state index contributed by atoms with van der Waals surface area (Å²) in [6.07, 6.45) is 22.5. The molecule has 17 heteroatoms. The van der Waals surface area contributed by atoms with Gasteiger partial charge in [-0.1, -0.05) is 65.2 Å². The van der Waals surface area contributed by atoms with Crippen LogP contribution in [-0.4, -0.2) is 64.2 Å². The number of aliphatic hydroxyl groups is 1. The fourth-order valence-corrected chi connectivity index (χ4v) is 5.78. The first-order valence-corrected chi connectivity index (χ1v) is 22.1. The molecule has 11 N–H and O–H groups in total. The summed E-state index contributed by atoms with van der Waals surface area (Å²) < 4.78 is 0. The van der Waals surface area contributed by atoms with E-state index in [9.17, 15) is 14.4 Å². The fraction of sp³-hybridized carbons (Fsp3) is 0.742. The van der Waals surface area contributed by atoms with Crippen LogP contribution in [-0.2, 0) is 19.2 Å². The molecule has 48 heavy (non-hydrogen) atoms. The van der Waals surface area contributed by atoms with E-state index in [2.05, 4.69) is 69.3 Å². The van der Waals surface area contributed by atoms with Gasteiger partial charge < -0.3 is 21.2 Å². The number of amides is 2. The summed E-state index contributed by atoms with van der Waals surface area (Å²) in [6.45, 7) is 1.08. The number of nitrogens with one attached hydrogen (secondary N) is 2. The van der Waals surface area contributed by atoms with Gasteiger partial charge in [0, 0.05) is 81.4 Å². The van der Waals surface area contributed by atoms with Crippen LogP contribution < -0.4 is 28.7 Å². The van der Waals surface area contributed by atoms with E-state index >= 15 is 0 Å². The third-order valence-electron chi connectivity index (χ3n) is 8.09. The van der Waals surface area contributed by atoms with Gasteiger partial charge in [0.15, 0.2) is 0 Å². The number of hydrogen-bond acceptors (Lipinski definition) is 12. The number of carboxylic acid groups (broad SMARTS) is 1. The van der Waals surface area contributed by atoms with Crippen molar-refractivity contribution < 1.29 is 29.4 Å². The Balaban J connectivity index is -0.000000652. The summed E-state index contributed by atoms with van der Waals surface area (Å²) in [7, 11) is 1.00. The van der Waals surface area contributed by atoms with E-state index in [1.54, 1.807) is 10.9 Å². The van der Waals surface area contributed by atoms with Crippen LogP contribution in [0.2, 0.25) is 0 Å². The first-order valence-electron chi connectivity index (χ1n) is 15.8. The molecule has 0 atom stereocenters. The predicted octanol–water partition coefficient (Wildman–Crippen LogP) is 5.55. The summed E-state index contributed by atoms with van der Waals surface area (Å²) in [4.78, 5) is 39.2. The number of aldehydes is 1. The summed E-state index contributed by atoms with van der Waals surface area (Å²) in [5, 5.41) is 32.3. The van der Waals surface area contributed by atoms with E-state index in [-0.39, 0.29) is 13.6 Å². The van der Waals surface area contributed by atoms with Gasteiger partial charge in [-0.25, -0.2) is 11.7 Å². The number of carbonyl (C=O) groups is 4. The Morgan fingerprint density at radius 3 is 1.23 bits per heavy atom. The van der Waals surface area contributed by atoms with Crippen LogP contribution in [0.25, 0.3) is 0 Å². The SMILES string of the molecule is C.C1CCC(C2=NN=C(C3=NN=C(C4CCCCC4)C3)C2)CC1.CC(=O)O.CO.II.N.NNC(=O)C(=O)NN.O=CC1CCCCC1. The third-order valence-corrected chi connectivity index (χ3v) is 8.09. The van der Waals surface area contributed by atoms with Gasteiger partial charge in [0.1, 0.15) is 6.29 Å². The van der Waals surface area contributed by atoms with E-state index in [0.29, 0.717) is 17.8 Å². The topological polar surface area (TPSA) is 269 Å². The molecule has 0 bridgehead atoms. The molecule has 5 rings (SSSR count). The highest BCUT2D eigenvalue weighted by Crippen LogP contribution is 2.30. The van der Waals surface area contributed by atoms with Crippen molar-refractivity contribution in [3.63, 3.8) is 0 Å². The number of nitrogens with two attached hydrogens (primary N) is 2. The van der Waals surface area contributed by atoms with Gasteiger partial charge in [-0.05, 0) is 50.4 Å². The number of rotatable bonds is 4. The molecule has 0 unspecified atom stereocenters. The lowest BCUT2D eigenvalue weighted by atomic mass is 9.82. The second-order valence-electron chi connectivity index (χ2n) is 11.3.